The first kappa shape index (κ1) is 21.0. The molecular formula is C20H19N3O4S. The third-order valence-electron chi connectivity index (χ3n) is 3.68. The molecule has 3 amide bonds. The molecule has 2 aromatic rings. The summed E-state index contributed by atoms with van der Waals surface area (Å²) < 4.78 is 5.36. The van der Waals surface area contributed by atoms with Gasteiger partial charge < -0.3 is 10.5 Å². The maximum absolute atomic E-state index is 12.7. The Morgan fingerprint density at radius 3 is 2.29 bits per heavy atom. The normalized spacial score (nSPS) is 11.4. The highest BCUT2D eigenvalue weighted by molar-refractivity contribution is 7.99. The van der Waals surface area contributed by atoms with Crippen molar-refractivity contribution in [2.75, 3.05) is 0 Å². The standard InChI is InChI=1S/C20H19N3O4S/c1-12(2)17(18(24)23-20(22)26)27-19(25)14-8-4-6-10-16(14)28-15-9-5-3-7-13(15)11-21/h3-10,12,17H,1-2H3,(H3,22,23,24,26)/t17-/m0/s1. The van der Waals surface area contributed by atoms with Gasteiger partial charge in [0.25, 0.3) is 5.91 Å². The number of hydrogen-bond acceptors (Lipinski definition) is 6. The fraction of sp³-hybridized carbons (Fsp3) is 0.200. The van der Waals surface area contributed by atoms with E-state index in [1.165, 1.54) is 11.8 Å². The van der Waals surface area contributed by atoms with Crippen LogP contribution in [-0.4, -0.2) is 24.0 Å². The number of ether oxygens (including phenoxy) is 1. The summed E-state index contributed by atoms with van der Waals surface area (Å²) in [4.78, 5) is 37.0. The second kappa shape index (κ2) is 9.58. The van der Waals surface area contributed by atoms with Gasteiger partial charge in [0.15, 0.2) is 6.10 Å². The molecule has 0 aliphatic heterocycles. The summed E-state index contributed by atoms with van der Waals surface area (Å²) in [5.74, 6) is -1.87. The monoisotopic (exact) mass is 397 g/mol. The quantitative estimate of drug-likeness (QED) is 0.722. The Bertz CT molecular complexity index is 937. The van der Waals surface area contributed by atoms with Crippen molar-refractivity contribution in [3.05, 3.63) is 59.7 Å². The smallest absolute Gasteiger partial charge is 0.340 e. The van der Waals surface area contributed by atoms with Crippen LogP contribution in [0, 0.1) is 17.2 Å². The molecule has 0 radical (unpaired) electrons. The van der Waals surface area contributed by atoms with Crippen LogP contribution in [0.4, 0.5) is 4.79 Å². The van der Waals surface area contributed by atoms with Crippen LogP contribution in [0.2, 0.25) is 0 Å². The molecule has 2 aromatic carbocycles. The van der Waals surface area contributed by atoms with E-state index < -0.39 is 24.0 Å². The van der Waals surface area contributed by atoms with Gasteiger partial charge in [0, 0.05) is 9.79 Å². The van der Waals surface area contributed by atoms with Gasteiger partial charge >= 0.3 is 12.0 Å². The number of carbonyl (C=O) groups is 3. The zero-order valence-electron chi connectivity index (χ0n) is 15.3. The van der Waals surface area contributed by atoms with Gasteiger partial charge in [0.1, 0.15) is 6.07 Å². The van der Waals surface area contributed by atoms with Gasteiger partial charge in [-0.2, -0.15) is 5.26 Å². The predicted octanol–water partition coefficient (Wildman–Crippen LogP) is 3.09. The van der Waals surface area contributed by atoms with E-state index in [0.717, 1.165) is 0 Å². The van der Waals surface area contributed by atoms with Crippen LogP contribution >= 0.6 is 11.8 Å². The fourth-order valence-corrected chi connectivity index (χ4v) is 3.37. The first-order valence-corrected chi connectivity index (χ1v) is 9.22. The minimum atomic E-state index is -1.18. The van der Waals surface area contributed by atoms with E-state index in [9.17, 15) is 19.6 Å². The Kier molecular flexibility index (Phi) is 7.18. The number of carbonyl (C=O) groups excluding carboxylic acids is 3. The average Bonchev–Trinajstić information content (AvgIpc) is 2.65. The Hall–Kier alpha value is -3.31. The minimum absolute atomic E-state index is 0.248. The molecule has 0 spiro atoms. The molecule has 0 unspecified atom stereocenters. The Balaban J connectivity index is 2.27. The highest BCUT2D eigenvalue weighted by atomic mass is 32.2. The second-order valence-corrected chi connectivity index (χ2v) is 7.21. The maximum Gasteiger partial charge on any atom is 0.340 e. The summed E-state index contributed by atoms with van der Waals surface area (Å²) in [5.41, 5.74) is 5.70. The first-order valence-electron chi connectivity index (χ1n) is 8.40. The van der Waals surface area contributed by atoms with Crippen molar-refractivity contribution < 1.29 is 19.1 Å². The molecule has 28 heavy (non-hydrogen) atoms. The molecular weight excluding hydrogens is 378 g/mol. The number of urea groups is 1. The number of esters is 1. The zero-order valence-corrected chi connectivity index (χ0v) is 16.2. The lowest BCUT2D eigenvalue weighted by Crippen LogP contribution is -2.45. The van der Waals surface area contributed by atoms with Crippen molar-refractivity contribution in [2.45, 2.75) is 29.7 Å². The number of imide groups is 1. The molecule has 0 aliphatic rings. The number of nitrogens with one attached hydrogen (secondary N) is 1. The molecule has 3 N–H and O–H groups in total. The van der Waals surface area contributed by atoms with Crippen molar-refractivity contribution in [1.82, 2.24) is 5.32 Å². The third-order valence-corrected chi connectivity index (χ3v) is 4.83. The van der Waals surface area contributed by atoms with Crippen LogP contribution in [0.1, 0.15) is 29.8 Å². The highest BCUT2D eigenvalue weighted by Gasteiger charge is 2.28. The molecule has 0 aliphatic carbocycles. The van der Waals surface area contributed by atoms with Crippen LogP contribution in [0.25, 0.3) is 0 Å². The van der Waals surface area contributed by atoms with Gasteiger partial charge in [0.2, 0.25) is 0 Å². The lowest BCUT2D eigenvalue weighted by Gasteiger charge is -2.20. The van der Waals surface area contributed by atoms with Gasteiger partial charge in [-0.3, -0.25) is 10.1 Å². The third kappa shape index (κ3) is 5.34. The van der Waals surface area contributed by atoms with Crippen molar-refractivity contribution in [3.63, 3.8) is 0 Å². The molecule has 2 rings (SSSR count). The van der Waals surface area contributed by atoms with E-state index in [1.54, 1.807) is 62.4 Å². The van der Waals surface area contributed by atoms with E-state index in [4.69, 9.17) is 10.5 Å². The molecule has 7 nitrogen and oxygen atoms in total. The maximum atomic E-state index is 12.7. The number of nitrogens with zero attached hydrogens (tertiary/aromatic N) is 1. The fourth-order valence-electron chi connectivity index (χ4n) is 2.35. The Labute approximate surface area is 166 Å². The lowest BCUT2D eigenvalue weighted by molar-refractivity contribution is -0.130. The van der Waals surface area contributed by atoms with Crippen LogP contribution < -0.4 is 11.1 Å². The van der Waals surface area contributed by atoms with Crippen LogP contribution in [0.5, 0.6) is 0 Å². The van der Waals surface area contributed by atoms with Crippen LogP contribution in [0.15, 0.2) is 58.3 Å². The largest absolute Gasteiger partial charge is 0.448 e. The van der Waals surface area contributed by atoms with Crippen LogP contribution in [0.3, 0.4) is 0 Å². The van der Waals surface area contributed by atoms with Gasteiger partial charge in [-0.15, -0.1) is 0 Å². The van der Waals surface area contributed by atoms with E-state index >= 15 is 0 Å². The van der Waals surface area contributed by atoms with E-state index in [2.05, 4.69) is 6.07 Å². The molecule has 0 saturated heterocycles. The van der Waals surface area contributed by atoms with Gasteiger partial charge in [-0.05, 0) is 30.2 Å². The van der Waals surface area contributed by atoms with Crippen molar-refractivity contribution in [2.24, 2.45) is 11.7 Å². The van der Waals surface area contributed by atoms with Gasteiger partial charge in [-0.25, -0.2) is 9.59 Å². The van der Waals surface area contributed by atoms with E-state index in [-0.39, 0.29) is 11.5 Å². The average molecular weight is 397 g/mol. The summed E-state index contributed by atoms with van der Waals surface area (Å²) in [6.07, 6.45) is -1.18. The number of benzene rings is 2. The topological polar surface area (TPSA) is 122 Å². The SMILES string of the molecule is CC(C)[C@H](OC(=O)c1ccccc1Sc1ccccc1C#N)C(=O)NC(N)=O. The molecule has 0 heterocycles. The molecule has 144 valence electrons. The Morgan fingerprint density at radius 1 is 1.07 bits per heavy atom. The van der Waals surface area contributed by atoms with Crippen molar-refractivity contribution in [3.8, 4) is 6.07 Å². The molecule has 0 fully saturated rings. The van der Waals surface area contributed by atoms with Crippen LogP contribution in [-0.2, 0) is 9.53 Å². The highest BCUT2D eigenvalue weighted by Crippen LogP contribution is 2.33. The number of nitriles is 1. The number of hydrogen-bond donors (Lipinski definition) is 2. The summed E-state index contributed by atoms with van der Waals surface area (Å²) in [7, 11) is 0. The van der Waals surface area contributed by atoms with E-state index in [1.807, 2.05) is 5.32 Å². The summed E-state index contributed by atoms with van der Waals surface area (Å²) in [6, 6.07) is 14.8. The molecule has 8 heteroatoms. The van der Waals surface area contributed by atoms with Gasteiger partial charge in [0.05, 0.1) is 11.1 Å². The molecule has 0 aromatic heterocycles. The predicted molar refractivity (Wildman–Crippen MR) is 103 cm³/mol. The summed E-state index contributed by atoms with van der Waals surface area (Å²) in [6.45, 7) is 3.37. The molecule has 0 bridgehead atoms. The Morgan fingerprint density at radius 2 is 1.68 bits per heavy atom. The first-order chi connectivity index (χ1) is 13.3. The number of nitrogens with two attached hydrogens (primary N) is 1. The van der Waals surface area contributed by atoms with E-state index in [0.29, 0.717) is 15.4 Å². The zero-order chi connectivity index (χ0) is 20.7. The summed E-state index contributed by atoms with van der Waals surface area (Å²) >= 11 is 1.25. The van der Waals surface area contributed by atoms with Crippen molar-refractivity contribution in [1.29, 1.82) is 5.26 Å². The number of amides is 3. The number of primary amides is 1. The number of rotatable bonds is 6. The van der Waals surface area contributed by atoms with Gasteiger partial charge in [-0.1, -0.05) is 49.9 Å². The molecule has 1 atom stereocenters. The summed E-state index contributed by atoms with van der Waals surface area (Å²) in [5, 5.41) is 11.2. The lowest BCUT2D eigenvalue weighted by atomic mass is 10.1. The second-order valence-electron chi connectivity index (χ2n) is 6.13. The minimum Gasteiger partial charge on any atom is -0.448 e. The van der Waals surface area contributed by atoms with Crippen molar-refractivity contribution >= 4 is 29.7 Å². The molecule has 0 saturated carbocycles.